The average Bonchev–Trinajstić information content (AvgIpc) is 2.28. The van der Waals surface area contributed by atoms with Crippen molar-refractivity contribution in [2.24, 2.45) is 5.10 Å². The van der Waals surface area contributed by atoms with E-state index in [-0.39, 0.29) is 11.2 Å². The molecule has 1 heterocycles. The van der Waals surface area contributed by atoms with E-state index in [1.165, 1.54) is 18.3 Å². The fraction of sp³-hybridized carbons (Fsp3) is 0.111. The van der Waals surface area contributed by atoms with Crippen molar-refractivity contribution < 1.29 is 24.1 Å². The Hall–Kier alpha value is -2.09. The van der Waals surface area contributed by atoms with Gasteiger partial charge in [0.2, 0.25) is 0 Å². The van der Waals surface area contributed by atoms with Gasteiger partial charge in [-0.2, -0.15) is 5.10 Å². The Labute approximate surface area is 95.8 Å². The predicted molar refractivity (Wildman–Crippen MR) is 57.9 cm³/mol. The number of hydrogen-bond donors (Lipinski definition) is 3. The molecule has 0 bridgehead atoms. The van der Waals surface area contributed by atoms with E-state index in [4.69, 9.17) is 9.84 Å². The molecule has 0 spiro atoms. The maximum atomic E-state index is 13.9. The van der Waals surface area contributed by atoms with Crippen LogP contribution in [-0.2, 0) is 4.79 Å². The summed E-state index contributed by atoms with van der Waals surface area (Å²) in [4.78, 5) is 10.3. The molecule has 1 aliphatic rings. The second kappa shape index (κ2) is 4.42. The number of ether oxygens (including phenoxy) is 1. The Morgan fingerprint density at radius 1 is 1.59 bits per heavy atom. The van der Waals surface area contributed by atoms with Crippen molar-refractivity contribution in [1.29, 1.82) is 0 Å². The van der Waals surface area contributed by atoms with Gasteiger partial charge in [0.25, 0.3) is 0 Å². The van der Waals surface area contributed by atoms with E-state index >= 15 is 0 Å². The van der Waals surface area contributed by atoms with Crippen LogP contribution in [0.4, 0.5) is 4.39 Å². The van der Waals surface area contributed by atoms with Crippen molar-refractivity contribution in [3.05, 3.63) is 23.5 Å². The van der Waals surface area contributed by atoms with E-state index in [0.29, 0.717) is 5.56 Å². The van der Waals surface area contributed by atoms with Crippen molar-refractivity contribution in [2.45, 2.75) is 0 Å². The number of nitrogens with zero attached hydrogens (tertiary/aromatic N) is 1. The summed E-state index contributed by atoms with van der Waals surface area (Å²) >= 11 is 0. The first-order valence-electron chi connectivity index (χ1n) is 4.73. The minimum absolute atomic E-state index is 0.0112. The normalized spacial score (nSPS) is 12.9. The number of rotatable bonds is 3. The highest BCUT2D eigenvalue weighted by atomic mass is 19.1. The highest BCUT2D eigenvalue weighted by molar-refractivity contribution is 6.65. The molecule has 0 radical (unpaired) electrons. The van der Waals surface area contributed by atoms with Crippen LogP contribution in [0.25, 0.3) is 0 Å². The van der Waals surface area contributed by atoms with Crippen LogP contribution in [0.5, 0.6) is 5.75 Å². The molecular formula is C9H8BFN2O4. The van der Waals surface area contributed by atoms with Gasteiger partial charge >= 0.3 is 13.0 Å². The van der Waals surface area contributed by atoms with Gasteiger partial charge in [0.1, 0.15) is 0 Å². The number of benzene rings is 1. The fourth-order valence-corrected chi connectivity index (χ4v) is 1.47. The largest absolute Gasteiger partial charge is 0.479 e. The Kier molecular flexibility index (Phi) is 2.96. The number of nitrogens with one attached hydrogen (secondary N) is 1. The molecule has 2 rings (SSSR count). The van der Waals surface area contributed by atoms with Gasteiger partial charge in [-0.25, -0.2) is 9.18 Å². The third kappa shape index (κ3) is 2.21. The number of halogens is 1. The van der Waals surface area contributed by atoms with Gasteiger partial charge in [-0.05, 0) is 17.7 Å². The summed E-state index contributed by atoms with van der Waals surface area (Å²) in [6, 6.07) is 2.78. The zero-order chi connectivity index (χ0) is 12.4. The van der Waals surface area contributed by atoms with Gasteiger partial charge in [0.15, 0.2) is 18.2 Å². The number of hydrogen-bond acceptors (Lipinski definition) is 5. The average molecular weight is 238 g/mol. The third-order valence-electron chi connectivity index (χ3n) is 2.20. The molecule has 0 atom stereocenters. The number of carboxylic acid groups (broad SMARTS) is 1. The summed E-state index contributed by atoms with van der Waals surface area (Å²) in [5.41, 5.74) is 0.402. The quantitative estimate of drug-likeness (QED) is 0.582. The maximum absolute atomic E-state index is 13.9. The smallest absolute Gasteiger partial charge is 0.467 e. The number of fused-ring (bicyclic) bond motifs is 1. The second-order valence-electron chi connectivity index (χ2n) is 3.35. The lowest BCUT2D eigenvalue weighted by Crippen LogP contribution is -2.48. The van der Waals surface area contributed by atoms with Crippen LogP contribution in [0.1, 0.15) is 5.56 Å². The molecule has 8 heteroatoms. The summed E-state index contributed by atoms with van der Waals surface area (Å²) in [5.74, 6) is -2.22. The molecule has 17 heavy (non-hydrogen) atoms. The van der Waals surface area contributed by atoms with Gasteiger partial charge in [0.05, 0.1) is 6.21 Å². The first-order chi connectivity index (χ1) is 8.09. The fourth-order valence-electron chi connectivity index (χ4n) is 1.47. The molecule has 0 aromatic heterocycles. The number of aliphatic carboxylic acids is 1. The topological polar surface area (TPSA) is 91.2 Å². The van der Waals surface area contributed by atoms with E-state index in [9.17, 15) is 14.2 Å². The van der Waals surface area contributed by atoms with E-state index in [1.807, 2.05) is 0 Å². The van der Waals surface area contributed by atoms with Crippen molar-refractivity contribution in [3.8, 4) is 5.75 Å². The lowest BCUT2D eigenvalue weighted by molar-refractivity contribution is -0.139. The van der Waals surface area contributed by atoms with Crippen molar-refractivity contribution in [3.63, 3.8) is 0 Å². The third-order valence-corrected chi connectivity index (χ3v) is 2.20. The predicted octanol–water partition coefficient (Wildman–Crippen LogP) is -1.09. The Balaban J connectivity index is 2.34. The van der Waals surface area contributed by atoms with Crippen LogP contribution in [-0.4, -0.2) is 36.0 Å². The van der Waals surface area contributed by atoms with Crippen molar-refractivity contribution >= 4 is 24.7 Å². The zero-order valence-electron chi connectivity index (χ0n) is 8.55. The number of carbonyl (C=O) groups is 1. The molecule has 0 unspecified atom stereocenters. The first kappa shape index (κ1) is 11.4. The Morgan fingerprint density at radius 2 is 2.35 bits per heavy atom. The molecule has 6 nitrogen and oxygen atoms in total. The lowest BCUT2D eigenvalue weighted by atomic mass is 9.71. The molecule has 1 aromatic rings. The van der Waals surface area contributed by atoms with E-state index in [1.54, 1.807) is 0 Å². The highest BCUT2D eigenvalue weighted by Crippen LogP contribution is 2.17. The lowest BCUT2D eigenvalue weighted by Gasteiger charge is -2.16. The Bertz CT molecular complexity index is 494. The van der Waals surface area contributed by atoms with Crippen LogP contribution < -0.4 is 15.5 Å². The maximum Gasteiger partial charge on any atom is 0.467 e. The number of hydrazone groups is 1. The molecule has 1 aliphatic heterocycles. The van der Waals surface area contributed by atoms with Crippen LogP contribution in [0.2, 0.25) is 0 Å². The molecule has 0 fully saturated rings. The van der Waals surface area contributed by atoms with Crippen molar-refractivity contribution in [1.82, 2.24) is 5.34 Å². The minimum Gasteiger partial charge on any atom is -0.479 e. The SMILES string of the molecule is O=C(O)COc1ccc2c(c1F)B(O)NN=C2. The Morgan fingerprint density at radius 3 is 3.06 bits per heavy atom. The molecule has 88 valence electrons. The molecular weight excluding hydrogens is 230 g/mol. The zero-order valence-corrected chi connectivity index (χ0v) is 8.55. The monoisotopic (exact) mass is 238 g/mol. The van der Waals surface area contributed by atoms with E-state index < -0.39 is 25.4 Å². The van der Waals surface area contributed by atoms with Crippen molar-refractivity contribution in [2.75, 3.05) is 6.61 Å². The summed E-state index contributed by atoms with van der Waals surface area (Å²) in [5, 5.41) is 23.8. The first-order valence-corrected chi connectivity index (χ1v) is 4.73. The van der Waals surface area contributed by atoms with E-state index in [2.05, 4.69) is 10.4 Å². The van der Waals surface area contributed by atoms with Crippen LogP contribution in [0, 0.1) is 5.82 Å². The summed E-state index contributed by atoms with van der Waals surface area (Å²) in [6.45, 7) is -0.646. The number of carboxylic acids is 1. The molecule has 1 aromatic carbocycles. The summed E-state index contributed by atoms with van der Waals surface area (Å²) in [6.07, 6.45) is 1.35. The second-order valence-corrected chi connectivity index (χ2v) is 3.35. The standard InChI is InChI=1S/C9H8BFN2O4/c11-9-6(17-4-7(14)15)2-1-5-3-12-13-10(16)8(5)9/h1-3,13,16H,4H2,(H,14,15). The minimum atomic E-state index is -1.27. The summed E-state index contributed by atoms with van der Waals surface area (Å²) in [7, 11) is -1.27. The molecule has 0 saturated carbocycles. The molecule has 0 amide bonds. The van der Waals surface area contributed by atoms with Crippen LogP contribution in [0.15, 0.2) is 17.2 Å². The van der Waals surface area contributed by atoms with Gasteiger partial charge < -0.3 is 20.2 Å². The molecule has 0 aliphatic carbocycles. The van der Waals surface area contributed by atoms with Gasteiger partial charge in [0, 0.05) is 5.46 Å². The highest BCUT2D eigenvalue weighted by Gasteiger charge is 2.27. The van der Waals surface area contributed by atoms with Crippen LogP contribution in [0.3, 0.4) is 0 Å². The van der Waals surface area contributed by atoms with Gasteiger partial charge in [-0.15, -0.1) is 0 Å². The molecule has 0 saturated heterocycles. The van der Waals surface area contributed by atoms with Gasteiger partial charge in [-0.1, -0.05) is 0 Å². The summed E-state index contributed by atoms with van der Waals surface area (Å²) < 4.78 is 18.6. The van der Waals surface area contributed by atoms with Gasteiger partial charge in [-0.3, -0.25) is 0 Å². The van der Waals surface area contributed by atoms with E-state index in [0.717, 1.165) is 0 Å². The van der Waals surface area contributed by atoms with Crippen LogP contribution >= 0.6 is 0 Å². The molecule has 3 N–H and O–H groups in total.